The molecule has 40 heavy (non-hydrogen) atoms. The van der Waals surface area contributed by atoms with Crippen molar-refractivity contribution in [3.05, 3.63) is 48.0 Å². The van der Waals surface area contributed by atoms with E-state index in [4.69, 9.17) is 9.47 Å². The van der Waals surface area contributed by atoms with Gasteiger partial charge in [-0.2, -0.15) is 0 Å². The van der Waals surface area contributed by atoms with E-state index in [1.807, 2.05) is 6.92 Å². The highest BCUT2D eigenvalue weighted by atomic mass is 32.2. The molecule has 0 bridgehead atoms. The van der Waals surface area contributed by atoms with Gasteiger partial charge in [0.15, 0.2) is 0 Å². The predicted octanol–water partition coefficient (Wildman–Crippen LogP) is 4.23. The van der Waals surface area contributed by atoms with E-state index in [2.05, 4.69) is 23.6 Å². The van der Waals surface area contributed by atoms with Crippen molar-refractivity contribution in [2.45, 2.75) is 63.0 Å². The molecule has 10 heteroatoms. The molecule has 1 heterocycles. The van der Waals surface area contributed by atoms with E-state index >= 15 is 0 Å². The number of hydrogen-bond donors (Lipinski definition) is 2. The molecule has 0 aromatic heterocycles. The van der Waals surface area contributed by atoms with Crippen molar-refractivity contribution in [3.63, 3.8) is 0 Å². The average Bonchev–Trinajstić information content (AvgIpc) is 2.95. The van der Waals surface area contributed by atoms with E-state index in [0.29, 0.717) is 30.5 Å². The lowest BCUT2D eigenvalue weighted by atomic mass is 9.89. The summed E-state index contributed by atoms with van der Waals surface area (Å²) in [6.07, 6.45) is 6.26. The van der Waals surface area contributed by atoms with E-state index in [1.165, 1.54) is 57.4 Å². The van der Waals surface area contributed by atoms with Crippen LogP contribution < -0.4 is 14.2 Å². The van der Waals surface area contributed by atoms with Gasteiger partial charge in [0.05, 0.1) is 30.2 Å². The highest BCUT2D eigenvalue weighted by Crippen LogP contribution is 2.32. The van der Waals surface area contributed by atoms with Gasteiger partial charge in [0.25, 0.3) is 15.9 Å². The van der Waals surface area contributed by atoms with Crippen LogP contribution in [0.5, 0.6) is 11.5 Å². The molecule has 3 atom stereocenters. The molecule has 0 radical (unpaired) electrons. The smallest absolute Gasteiger partial charge is 0.261 e. The number of methoxy groups -OCH3 is 1. The molecule has 1 aliphatic heterocycles. The van der Waals surface area contributed by atoms with Gasteiger partial charge in [-0.1, -0.05) is 26.2 Å². The second kappa shape index (κ2) is 13.2. The van der Waals surface area contributed by atoms with Gasteiger partial charge in [-0.25, -0.2) is 8.42 Å². The fourth-order valence-corrected chi connectivity index (χ4v) is 6.71. The molecule has 0 unspecified atom stereocenters. The van der Waals surface area contributed by atoms with Crippen LogP contribution in [0.25, 0.3) is 0 Å². The molecular formula is C30H43N3O6S. The molecule has 4 rings (SSSR count). The van der Waals surface area contributed by atoms with Crippen LogP contribution >= 0.6 is 0 Å². The van der Waals surface area contributed by atoms with Crippen molar-refractivity contribution in [2.75, 3.05) is 45.1 Å². The van der Waals surface area contributed by atoms with Gasteiger partial charge in [-0.05, 0) is 75.2 Å². The second-order valence-corrected chi connectivity index (χ2v) is 13.0. The lowest BCUT2D eigenvalue weighted by molar-refractivity contribution is 0.0330. The Bertz CT molecular complexity index is 1250. The predicted molar refractivity (Wildman–Crippen MR) is 155 cm³/mol. The number of amides is 1. The number of carbonyl (C=O) groups excluding carboxylic acids is 1. The summed E-state index contributed by atoms with van der Waals surface area (Å²) in [6, 6.07) is 10.5. The topological polar surface area (TPSA) is 108 Å². The van der Waals surface area contributed by atoms with E-state index in [0.717, 1.165) is 6.54 Å². The standard InChI is InChI=1S/C30H43N3O6S/c1-21-17-33(22(2)20-34)30(35)27-16-24(31-40(36,37)26-13-11-25(38-4)12-14-26)10-15-28(27)39-29(21)19-32(3)18-23-8-6-5-7-9-23/h10-16,21-23,29,31,34H,5-9,17-20H2,1-4H3/t21-,22-,29+/m0/s1. The van der Waals surface area contributed by atoms with Gasteiger partial charge in [0.2, 0.25) is 0 Å². The number of likely N-dealkylation sites (N-methyl/N-ethyl adjacent to an activating group) is 1. The molecule has 220 valence electrons. The van der Waals surface area contributed by atoms with E-state index in [-0.39, 0.29) is 40.7 Å². The van der Waals surface area contributed by atoms with Gasteiger partial charge in [0, 0.05) is 31.2 Å². The fourth-order valence-electron chi connectivity index (χ4n) is 5.67. The third-order valence-corrected chi connectivity index (χ3v) is 9.47. The van der Waals surface area contributed by atoms with E-state index in [1.54, 1.807) is 29.2 Å². The Labute approximate surface area is 238 Å². The minimum Gasteiger partial charge on any atom is -0.497 e. The van der Waals surface area contributed by atoms with Gasteiger partial charge >= 0.3 is 0 Å². The number of fused-ring (bicyclic) bond motifs is 1. The Kier molecular flexibility index (Phi) is 9.97. The summed E-state index contributed by atoms with van der Waals surface area (Å²) < 4.78 is 40.3. The summed E-state index contributed by atoms with van der Waals surface area (Å²) in [4.78, 5) is 17.8. The number of ether oxygens (including phenoxy) is 2. The second-order valence-electron chi connectivity index (χ2n) is 11.3. The van der Waals surface area contributed by atoms with E-state index in [9.17, 15) is 18.3 Å². The van der Waals surface area contributed by atoms with Crippen LogP contribution in [0.2, 0.25) is 0 Å². The summed E-state index contributed by atoms with van der Waals surface area (Å²) in [7, 11) is -0.261. The van der Waals surface area contributed by atoms with Crippen LogP contribution in [0.3, 0.4) is 0 Å². The molecule has 1 amide bonds. The van der Waals surface area contributed by atoms with Gasteiger partial charge in [0.1, 0.15) is 17.6 Å². The number of hydrogen-bond acceptors (Lipinski definition) is 7. The lowest BCUT2D eigenvalue weighted by Gasteiger charge is -2.38. The first-order valence-electron chi connectivity index (χ1n) is 14.2. The summed E-state index contributed by atoms with van der Waals surface area (Å²) in [6.45, 7) is 5.85. The Balaban J connectivity index is 1.59. The maximum Gasteiger partial charge on any atom is 0.261 e. The zero-order chi connectivity index (χ0) is 28.9. The SMILES string of the molecule is COc1ccc(S(=O)(=O)Nc2ccc3c(c2)C(=O)N([C@@H](C)CO)C[C@H](C)[C@@H](CN(C)CC2CCCCC2)O3)cc1. The largest absolute Gasteiger partial charge is 0.497 e. The minimum atomic E-state index is -3.90. The average molecular weight is 574 g/mol. The summed E-state index contributed by atoms with van der Waals surface area (Å²) >= 11 is 0. The van der Waals surface area contributed by atoms with Crippen LogP contribution in [0.15, 0.2) is 47.4 Å². The Morgan fingerprint density at radius 3 is 2.48 bits per heavy atom. The van der Waals surface area contributed by atoms with Gasteiger partial charge in [-0.15, -0.1) is 0 Å². The van der Waals surface area contributed by atoms with Crippen molar-refractivity contribution >= 4 is 21.6 Å². The highest BCUT2D eigenvalue weighted by Gasteiger charge is 2.34. The number of rotatable bonds is 10. The van der Waals surface area contributed by atoms with Crippen LogP contribution in [0, 0.1) is 11.8 Å². The number of anilines is 1. The first-order chi connectivity index (χ1) is 19.1. The zero-order valence-electron chi connectivity index (χ0n) is 24.0. The third kappa shape index (κ3) is 7.27. The van der Waals surface area contributed by atoms with Gasteiger partial charge < -0.3 is 24.4 Å². The molecule has 1 aliphatic carbocycles. The van der Waals surface area contributed by atoms with Crippen molar-refractivity contribution in [2.24, 2.45) is 11.8 Å². The lowest BCUT2D eigenvalue weighted by Crippen LogP contribution is -2.50. The summed E-state index contributed by atoms with van der Waals surface area (Å²) in [5, 5.41) is 9.93. The summed E-state index contributed by atoms with van der Waals surface area (Å²) in [5.41, 5.74) is 0.518. The first kappa shape index (κ1) is 30.1. The quantitative estimate of drug-likeness (QED) is 0.438. The Morgan fingerprint density at radius 1 is 1.12 bits per heavy atom. The number of nitrogens with zero attached hydrogens (tertiary/aromatic N) is 2. The number of carbonyl (C=O) groups is 1. The first-order valence-corrected chi connectivity index (χ1v) is 15.7. The maximum atomic E-state index is 13.7. The number of nitrogens with one attached hydrogen (secondary N) is 1. The monoisotopic (exact) mass is 573 g/mol. The molecule has 1 saturated carbocycles. The van der Waals surface area contributed by atoms with Crippen LogP contribution in [-0.2, 0) is 10.0 Å². The van der Waals surface area contributed by atoms with Crippen LogP contribution in [-0.4, -0.2) is 81.8 Å². The molecule has 2 aromatic rings. The minimum absolute atomic E-state index is 0.0214. The molecule has 0 spiro atoms. The molecule has 9 nitrogen and oxygen atoms in total. The number of aliphatic hydroxyl groups excluding tert-OH is 1. The molecule has 2 N–H and O–H groups in total. The van der Waals surface area contributed by atoms with Crippen molar-refractivity contribution < 1.29 is 27.8 Å². The molecule has 0 saturated heterocycles. The zero-order valence-corrected chi connectivity index (χ0v) is 24.8. The maximum absolute atomic E-state index is 13.7. The molecule has 1 fully saturated rings. The number of benzene rings is 2. The summed E-state index contributed by atoms with van der Waals surface area (Å²) in [5.74, 6) is 1.38. The molecule has 2 aromatic carbocycles. The highest BCUT2D eigenvalue weighted by molar-refractivity contribution is 7.92. The van der Waals surface area contributed by atoms with E-state index < -0.39 is 16.1 Å². The normalized spacial score (nSPS) is 21.2. The fraction of sp³-hybridized carbons (Fsp3) is 0.567. The van der Waals surface area contributed by atoms with Gasteiger partial charge in [-0.3, -0.25) is 9.52 Å². The Hall–Kier alpha value is -2.82. The number of sulfonamides is 1. The van der Waals surface area contributed by atoms with Crippen molar-refractivity contribution in [1.29, 1.82) is 0 Å². The third-order valence-electron chi connectivity index (χ3n) is 8.07. The van der Waals surface area contributed by atoms with Crippen LogP contribution in [0.1, 0.15) is 56.3 Å². The number of aliphatic hydroxyl groups is 1. The van der Waals surface area contributed by atoms with Crippen molar-refractivity contribution in [1.82, 2.24) is 9.80 Å². The van der Waals surface area contributed by atoms with Crippen LogP contribution in [0.4, 0.5) is 5.69 Å². The Morgan fingerprint density at radius 2 is 1.82 bits per heavy atom. The van der Waals surface area contributed by atoms with Crippen molar-refractivity contribution in [3.8, 4) is 11.5 Å². The molecule has 2 aliphatic rings. The molecular weight excluding hydrogens is 530 g/mol.